The van der Waals surface area contributed by atoms with Gasteiger partial charge in [-0.2, -0.15) is 4.31 Å². The molecule has 3 rings (SSSR count). The van der Waals surface area contributed by atoms with E-state index in [9.17, 15) is 8.42 Å². The van der Waals surface area contributed by atoms with E-state index in [0.717, 1.165) is 0 Å². The molecule has 1 unspecified atom stereocenters. The van der Waals surface area contributed by atoms with Crippen molar-refractivity contribution in [3.63, 3.8) is 0 Å². The molecule has 1 fully saturated rings. The molecule has 1 heterocycles. The van der Waals surface area contributed by atoms with Gasteiger partial charge < -0.3 is 9.47 Å². The number of nitrogens with zero attached hydrogens (tertiary/aromatic N) is 1. The summed E-state index contributed by atoms with van der Waals surface area (Å²) in [6.45, 7) is 1.52. The molecule has 122 valence electrons. The predicted molar refractivity (Wildman–Crippen MR) is 87.6 cm³/mol. The van der Waals surface area contributed by atoms with Gasteiger partial charge in [-0.1, -0.05) is 48.5 Å². The van der Waals surface area contributed by atoms with E-state index < -0.39 is 15.5 Å². The Bertz CT molecular complexity index is 713. The molecule has 1 aliphatic heterocycles. The van der Waals surface area contributed by atoms with Crippen molar-refractivity contribution in [2.75, 3.05) is 26.3 Å². The van der Waals surface area contributed by atoms with Gasteiger partial charge in [0.15, 0.2) is 0 Å². The molecule has 0 bridgehead atoms. The predicted octanol–water partition coefficient (Wildman–Crippen LogP) is 2.43. The number of sulfonamides is 1. The highest BCUT2D eigenvalue weighted by atomic mass is 32.2. The maximum Gasteiger partial charge on any atom is 0.256 e. The van der Waals surface area contributed by atoms with Gasteiger partial charge in [0, 0.05) is 18.7 Å². The fraction of sp³-hybridized carbons (Fsp3) is 0.294. The number of para-hydroxylation sites is 1. The Morgan fingerprint density at radius 3 is 2.09 bits per heavy atom. The topological polar surface area (TPSA) is 55.8 Å². The fourth-order valence-corrected chi connectivity index (χ4v) is 4.13. The van der Waals surface area contributed by atoms with Crippen LogP contribution in [0.3, 0.4) is 0 Å². The van der Waals surface area contributed by atoms with Gasteiger partial charge >= 0.3 is 0 Å². The number of benzene rings is 2. The summed E-state index contributed by atoms with van der Waals surface area (Å²) in [5, 5.41) is 0. The van der Waals surface area contributed by atoms with Gasteiger partial charge in [-0.25, -0.2) is 8.42 Å². The number of hydrogen-bond acceptors (Lipinski definition) is 4. The van der Waals surface area contributed by atoms with Crippen LogP contribution in [-0.4, -0.2) is 39.0 Å². The van der Waals surface area contributed by atoms with Crippen molar-refractivity contribution in [2.45, 2.75) is 5.44 Å². The molecule has 1 aliphatic rings. The zero-order valence-corrected chi connectivity index (χ0v) is 13.5. The van der Waals surface area contributed by atoms with E-state index in [1.165, 1.54) is 4.31 Å². The van der Waals surface area contributed by atoms with Gasteiger partial charge in [0.25, 0.3) is 10.0 Å². The summed E-state index contributed by atoms with van der Waals surface area (Å²) < 4.78 is 38.6. The lowest BCUT2D eigenvalue weighted by Crippen LogP contribution is -2.43. The zero-order chi connectivity index (χ0) is 16.1. The normalized spacial score (nSPS) is 17.6. The second-order valence-corrected chi connectivity index (χ2v) is 7.20. The van der Waals surface area contributed by atoms with Crippen molar-refractivity contribution in [3.05, 3.63) is 66.2 Å². The molecular formula is C17H19NO4S. The maximum absolute atomic E-state index is 13.0. The van der Waals surface area contributed by atoms with E-state index >= 15 is 0 Å². The quantitative estimate of drug-likeness (QED) is 0.843. The summed E-state index contributed by atoms with van der Waals surface area (Å²) in [5.41, 5.74) is -0.452. The average molecular weight is 333 g/mol. The van der Waals surface area contributed by atoms with E-state index in [1.807, 2.05) is 36.4 Å². The Kier molecular flexibility index (Phi) is 4.95. The monoisotopic (exact) mass is 333 g/mol. The highest BCUT2D eigenvalue weighted by Gasteiger charge is 2.36. The molecule has 0 N–H and O–H groups in total. The van der Waals surface area contributed by atoms with Gasteiger partial charge in [-0.3, -0.25) is 0 Å². The van der Waals surface area contributed by atoms with Crippen molar-refractivity contribution < 1.29 is 17.9 Å². The summed E-state index contributed by atoms with van der Waals surface area (Å²) >= 11 is 0. The highest BCUT2D eigenvalue weighted by molar-refractivity contribution is 7.89. The molecule has 0 aromatic heterocycles. The number of ether oxygens (including phenoxy) is 2. The lowest BCUT2D eigenvalue weighted by molar-refractivity contribution is 0.0707. The van der Waals surface area contributed by atoms with Crippen molar-refractivity contribution in [2.24, 2.45) is 0 Å². The first-order valence-electron chi connectivity index (χ1n) is 7.51. The Labute approximate surface area is 136 Å². The summed E-state index contributed by atoms with van der Waals surface area (Å²) in [6.07, 6.45) is 0. The summed E-state index contributed by atoms with van der Waals surface area (Å²) in [5.74, 6) is 0.526. The molecule has 23 heavy (non-hydrogen) atoms. The molecule has 1 atom stereocenters. The van der Waals surface area contributed by atoms with E-state index in [4.69, 9.17) is 9.47 Å². The van der Waals surface area contributed by atoms with Gasteiger partial charge in [-0.15, -0.1) is 0 Å². The van der Waals surface area contributed by atoms with Crippen LogP contribution >= 0.6 is 0 Å². The van der Waals surface area contributed by atoms with Crippen molar-refractivity contribution in [3.8, 4) is 5.75 Å². The summed E-state index contributed by atoms with van der Waals surface area (Å²) in [4.78, 5) is 0. The van der Waals surface area contributed by atoms with Crippen LogP contribution in [0.5, 0.6) is 5.75 Å². The van der Waals surface area contributed by atoms with E-state index in [0.29, 0.717) is 37.6 Å². The van der Waals surface area contributed by atoms with Crippen LogP contribution < -0.4 is 4.74 Å². The molecule has 0 amide bonds. The van der Waals surface area contributed by atoms with Gasteiger partial charge in [0.05, 0.1) is 13.2 Å². The van der Waals surface area contributed by atoms with Crippen molar-refractivity contribution >= 4 is 10.0 Å². The first-order chi connectivity index (χ1) is 11.2. The van der Waals surface area contributed by atoms with Gasteiger partial charge in [0.1, 0.15) is 5.75 Å². The second kappa shape index (κ2) is 7.12. The molecule has 2 aromatic rings. The standard InChI is InChI=1S/C17H19NO4S/c19-23(20,18-11-13-21-14-12-18)17(15-7-3-1-4-8-15)22-16-9-5-2-6-10-16/h1-10,17H,11-14H2. The van der Waals surface area contributed by atoms with Gasteiger partial charge in [0.2, 0.25) is 5.44 Å². The Hall–Kier alpha value is -1.89. The van der Waals surface area contributed by atoms with Crippen LogP contribution in [0.1, 0.15) is 11.0 Å². The zero-order valence-electron chi connectivity index (χ0n) is 12.7. The van der Waals surface area contributed by atoms with Crippen LogP contribution in [0.4, 0.5) is 0 Å². The molecule has 0 radical (unpaired) electrons. The summed E-state index contributed by atoms with van der Waals surface area (Å²) in [7, 11) is -3.64. The maximum atomic E-state index is 13.0. The minimum atomic E-state index is -3.64. The Morgan fingerprint density at radius 1 is 0.913 bits per heavy atom. The molecule has 6 heteroatoms. The van der Waals surface area contributed by atoms with E-state index in [2.05, 4.69) is 0 Å². The average Bonchev–Trinajstić information content (AvgIpc) is 2.62. The fourth-order valence-electron chi connectivity index (χ4n) is 2.47. The minimum absolute atomic E-state index is 0.351. The first kappa shape index (κ1) is 16.0. The smallest absolute Gasteiger partial charge is 0.256 e. The van der Waals surface area contributed by atoms with Crippen molar-refractivity contribution in [1.82, 2.24) is 4.31 Å². The lowest BCUT2D eigenvalue weighted by atomic mass is 10.2. The molecular weight excluding hydrogens is 314 g/mol. The molecule has 5 nitrogen and oxygen atoms in total. The Morgan fingerprint density at radius 2 is 1.48 bits per heavy atom. The molecule has 0 aliphatic carbocycles. The Balaban J connectivity index is 1.94. The molecule has 1 saturated heterocycles. The highest BCUT2D eigenvalue weighted by Crippen LogP contribution is 2.29. The molecule has 0 spiro atoms. The van der Waals surface area contributed by atoms with E-state index in [1.54, 1.807) is 24.3 Å². The van der Waals surface area contributed by atoms with Crippen LogP contribution in [0, 0.1) is 0 Å². The molecule has 2 aromatic carbocycles. The van der Waals surface area contributed by atoms with Crippen molar-refractivity contribution in [1.29, 1.82) is 0 Å². The third-order valence-electron chi connectivity index (χ3n) is 3.66. The largest absolute Gasteiger partial charge is 0.468 e. The van der Waals surface area contributed by atoms with Crippen LogP contribution in [0.25, 0.3) is 0 Å². The second-order valence-electron chi connectivity index (χ2n) is 5.23. The van der Waals surface area contributed by atoms with Gasteiger partial charge in [-0.05, 0) is 12.1 Å². The molecule has 0 saturated carbocycles. The number of hydrogen-bond donors (Lipinski definition) is 0. The SMILES string of the molecule is O=S(=O)(C(Oc1ccccc1)c1ccccc1)N1CCOCC1. The number of morpholine rings is 1. The van der Waals surface area contributed by atoms with E-state index in [-0.39, 0.29) is 0 Å². The third-order valence-corrected chi connectivity index (χ3v) is 5.65. The minimum Gasteiger partial charge on any atom is -0.468 e. The number of rotatable bonds is 5. The summed E-state index contributed by atoms with van der Waals surface area (Å²) in [6, 6.07) is 18.0. The lowest BCUT2D eigenvalue weighted by Gasteiger charge is -2.30. The van der Waals surface area contributed by atoms with Crippen LogP contribution in [0.2, 0.25) is 0 Å². The van der Waals surface area contributed by atoms with Crippen LogP contribution in [-0.2, 0) is 14.8 Å². The van der Waals surface area contributed by atoms with Crippen LogP contribution in [0.15, 0.2) is 60.7 Å². The third kappa shape index (κ3) is 3.72. The first-order valence-corrected chi connectivity index (χ1v) is 9.01.